The number of aromatic hydroxyl groups is 1. The van der Waals surface area contributed by atoms with Gasteiger partial charge < -0.3 is 10.4 Å². The molecule has 0 fully saturated rings. The standard InChI is InChI=1S/C15H15BrN4O/c1-10(15-19-18-14-4-2-3-7-20(14)15)17-9-11-5-6-13(21)12(16)8-11/h2-8,10,17,21H,9H2,1H3. The van der Waals surface area contributed by atoms with Gasteiger partial charge in [0.05, 0.1) is 10.5 Å². The van der Waals surface area contributed by atoms with Gasteiger partial charge in [-0.3, -0.25) is 4.40 Å². The van der Waals surface area contributed by atoms with Gasteiger partial charge in [0.2, 0.25) is 0 Å². The predicted molar refractivity (Wildman–Crippen MR) is 84.0 cm³/mol. The number of rotatable bonds is 4. The Labute approximate surface area is 130 Å². The fraction of sp³-hybridized carbons (Fsp3) is 0.200. The summed E-state index contributed by atoms with van der Waals surface area (Å²) in [5.74, 6) is 1.12. The van der Waals surface area contributed by atoms with E-state index in [1.165, 1.54) is 0 Å². The fourth-order valence-electron chi connectivity index (χ4n) is 2.18. The van der Waals surface area contributed by atoms with Crippen LogP contribution in [0.1, 0.15) is 24.4 Å². The Morgan fingerprint density at radius 2 is 2.14 bits per heavy atom. The average Bonchev–Trinajstić information content (AvgIpc) is 2.92. The average molecular weight is 347 g/mol. The van der Waals surface area contributed by atoms with E-state index in [2.05, 4.69) is 38.4 Å². The number of nitrogens with one attached hydrogen (secondary N) is 1. The maximum absolute atomic E-state index is 9.50. The number of hydrogen-bond acceptors (Lipinski definition) is 4. The highest BCUT2D eigenvalue weighted by Crippen LogP contribution is 2.24. The van der Waals surface area contributed by atoms with Crippen LogP contribution in [0.2, 0.25) is 0 Å². The molecular formula is C15H15BrN4O. The molecule has 6 heteroatoms. The van der Waals surface area contributed by atoms with Crippen LogP contribution in [-0.4, -0.2) is 19.7 Å². The van der Waals surface area contributed by atoms with Crippen molar-refractivity contribution in [1.82, 2.24) is 19.9 Å². The second-order valence-electron chi connectivity index (χ2n) is 4.88. The first-order valence-corrected chi connectivity index (χ1v) is 7.45. The van der Waals surface area contributed by atoms with Crippen LogP contribution in [0.25, 0.3) is 5.65 Å². The highest BCUT2D eigenvalue weighted by atomic mass is 79.9. The normalized spacial score (nSPS) is 12.7. The van der Waals surface area contributed by atoms with E-state index in [0.29, 0.717) is 11.0 Å². The van der Waals surface area contributed by atoms with E-state index in [4.69, 9.17) is 0 Å². The topological polar surface area (TPSA) is 62.5 Å². The van der Waals surface area contributed by atoms with Crippen molar-refractivity contribution in [1.29, 1.82) is 0 Å². The summed E-state index contributed by atoms with van der Waals surface area (Å²) in [6.07, 6.45) is 1.96. The third-order valence-corrected chi connectivity index (χ3v) is 3.99. The smallest absolute Gasteiger partial charge is 0.160 e. The van der Waals surface area contributed by atoms with E-state index in [1.807, 2.05) is 40.9 Å². The number of nitrogens with zero attached hydrogens (tertiary/aromatic N) is 3. The summed E-state index contributed by atoms with van der Waals surface area (Å²) in [6.45, 7) is 2.74. The molecule has 0 saturated carbocycles. The number of aromatic nitrogens is 3. The van der Waals surface area contributed by atoms with E-state index < -0.39 is 0 Å². The Bertz CT molecular complexity index is 771. The van der Waals surface area contributed by atoms with Crippen LogP contribution in [0.15, 0.2) is 47.1 Å². The van der Waals surface area contributed by atoms with Gasteiger partial charge in [0, 0.05) is 12.7 Å². The van der Waals surface area contributed by atoms with Crippen LogP contribution in [0, 0.1) is 0 Å². The fourth-order valence-corrected chi connectivity index (χ4v) is 2.60. The van der Waals surface area contributed by atoms with E-state index in [1.54, 1.807) is 6.07 Å². The van der Waals surface area contributed by atoms with Gasteiger partial charge in [-0.05, 0) is 52.7 Å². The molecule has 0 aliphatic rings. The molecule has 21 heavy (non-hydrogen) atoms. The van der Waals surface area contributed by atoms with Crippen LogP contribution in [0.5, 0.6) is 5.75 Å². The monoisotopic (exact) mass is 346 g/mol. The lowest BCUT2D eigenvalue weighted by molar-refractivity contribution is 0.471. The maximum atomic E-state index is 9.50. The van der Waals surface area contributed by atoms with E-state index in [-0.39, 0.29) is 11.8 Å². The summed E-state index contributed by atoms with van der Waals surface area (Å²) in [7, 11) is 0. The largest absolute Gasteiger partial charge is 0.507 e. The molecule has 0 bridgehead atoms. The molecule has 0 aliphatic heterocycles. The van der Waals surface area contributed by atoms with Gasteiger partial charge in [-0.2, -0.15) is 0 Å². The molecule has 1 unspecified atom stereocenters. The molecule has 0 spiro atoms. The Morgan fingerprint density at radius 1 is 1.29 bits per heavy atom. The van der Waals surface area contributed by atoms with Crippen molar-refractivity contribution in [3.8, 4) is 5.75 Å². The van der Waals surface area contributed by atoms with Gasteiger partial charge in [0.15, 0.2) is 11.5 Å². The Morgan fingerprint density at radius 3 is 2.95 bits per heavy atom. The molecule has 108 valence electrons. The zero-order chi connectivity index (χ0) is 14.8. The van der Waals surface area contributed by atoms with Crippen LogP contribution >= 0.6 is 15.9 Å². The van der Waals surface area contributed by atoms with Gasteiger partial charge in [-0.25, -0.2) is 0 Å². The number of pyridine rings is 1. The third-order valence-electron chi connectivity index (χ3n) is 3.35. The lowest BCUT2D eigenvalue weighted by atomic mass is 10.2. The van der Waals surface area contributed by atoms with Crippen molar-refractivity contribution in [2.24, 2.45) is 0 Å². The lowest BCUT2D eigenvalue weighted by Gasteiger charge is -2.12. The van der Waals surface area contributed by atoms with Crippen LogP contribution in [0.3, 0.4) is 0 Å². The van der Waals surface area contributed by atoms with Gasteiger partial charge in [-0.15, -0.1) is 10.2 Å². The zero-order valence-electron chi connectivity index (χ0n) is 11.5. The van der Waals surface area contributed by atoms with E-state index >= 15 is 0 Å². The zero-order valence-corrected chi connectivity index (χ0v) is 13.1. The van der Waals surface area contributed by atoms with Gasteiger partial charge >= 0.3 is 0 Å². The molecule has 1 atom stereocenters. The second kappa shape index (κ2) is 5.83. The van der Waals surface area contributed by atoms with Crippen LogP contribution < -0.4 is 5.32 Å². The molecule has 3 rings (SSSR count). The van der Waals surface area contributed by atoms with Gasteiger partial charge in [0.25, 0.3) is 0 Å². The molecule has 2 heterocycles. The number of halogens is 1. The Hall–Kier alpha value is -1.92. The number of phenolic OH excluding ortho intramolecular Hbond substituents is 1. The van der Waals surface area contributed by atoms with Crippen molar-refractivity contribution in [2.75, 3.05) is 0 Å². The van der Waals surface area contributed by atoms with Crippen molar-refractivity contribution in [3.05, 3.63) is 58.5 Å². The summed E-state index contributed by atoms with van der Waals surface area (Å²) < 4.78 is 2.67. The molecule has 0 aliphatic carbocycles. The number of fused-ring (bicyclic) bond motifs is 1. The molecule has 5 nitrogen and oxygen atoms in total. The molecule has 0 radical (unpaired) electrons. The van der Waals surface area contributed by atoms with Crippen LogP contribution in [-0.2, 0) is 6.54 Å². The SMILES string of the molecule is CC(NCc1ccc(O)c(Br)c1)c1nnc2ccccn12. The quantitative estimate of drug-likeness (QED) is 0.762. The first-order chi connectivity index (χ1) is 10.1. The molecular weight excluding hydrogens is 332 g/mol. The van der Waals surface area contributed by atoms with Crippen molar-refractivity contribution in [2.45, 2.75) is 19.5 Å². The number of hydrogen-bond donors (Lipinski definition) is 2. The van der Waals surface area contributed by atoms with Crippen molar-refractivity contribution >= 4 is 21.6 Å². The first kappa shape index (κ1) is 14.0. The summed E-state index contributed by atoms with van der Waals surface area (Å²) in [5.41, 5.74) is 1.92. The van der Waals surface area contributed by atoms with Crippen molar-refractivity contribution in [3.63, 3.8) is 0 Å². The minimum atomic E-state index is 0.0648. The molecule has 2 N–H and O–H groups in total. The van der Waals surface area contributed by atoms with Gasteiger partial charge in [-0.1, -0.05) is 12.1 Å². The number of phenols is 1. The minimum absolute atomic E-state index is 0.0648. The third kappa shape index (κ3) is 2.91. The molecule has 0 saturated heterocycles. The summed E-state index contributed by atoms with van der Waals surface area (Å²) >= 11 is 3.32. The lowest BCUT2D eigenvalue weighted by Crippen LogP contribution is -2.20. The minimum Gasteiger partial charge on any atom is -0.507 e. The Balaban J connectivity index is 1.74. The van der Waals surface area contributed by atoms with Gasteiger partial charge in [0.1, 0.15) is 5.75 Å². The molecule has 2 aromatic heterocycles. The summed E-state index contributed by atoms with van der Waals surface area (Å²) in [5, 5.41) is 21.3. The first-order valence-electron chi connectivity index (χ1n) is 6.65. The summed E-state index contributed by atoms with van der Waals surface area (Å²) in [6, 6.07) is 11.4. The van der Waals surface area contributed by atoms with Crippen molar-refractivity contribution < 1.29 is 5.11 Å². The Kier molecular flexibility index (Phi) is 3.90. The molecule has 0 amide bonds. The second-order valence-corrected chi connectivity index (χ2v) is 5.73. The molecule has 3 aromatic rings. The predicted octanol–water partition coefficient (Wildman–Crippen LogP) is 3.05. The van der Waals surface area contributed by atoms with E-state index in [9.17, 15) is 5.11 Å². The summed E-state index contributed by atoms with van der Waals surface area (Å²) in [4.78, 5) is 0. The maximum Gasteiger partial charge on any atom is 0.160 e. The molecule has 1 aromatic carbocycles. The highest BCUT2D eigenvalue weighted by molar-refractivity contribution is 9.10. The van der Waals surface area contributed by atoms with Crippen LogP contribution in [0.4, 0.5) is 0 Å². The number of benzene rings is 1. The highest BCUT2D eigenvalue weighted by Gasteiger charge is 2.12. The van der Waals surface area contributed by atoms with E-state index in [0.717, 1.165) is 17.0 Å².